The maximum atomic E-state index is 14.6. The maximum absolute atomic E-state index is 14.6. The summed E-state index contributed by atoms with van der Waals surface area (Å²) in [5.74, 6) is -1.90. The molecule has 0 bridgehead atoms. The van der Waals surface area contributed by atoms with E-state index in [1.165, 1.54) is 12.0 Å². The molecular weight excluding hydrogens is 451 g/mol. The summed E-state index contributed by atoms with van der Waals surface area (Å²) >= 11 is 0. The summed E-state index contributed by atoms with van der Waals surface area (Å²) < 4.78 is 80.7. The zero-order chi connectivity index (χ0) is 23.8. The van der Waals surface area contributed by atoms with Crippen LogP contribution < -0.4 is 10.1 Å². The lowest BCUT2D eigenvalue weighted by Crippen LogP contribution is -2.59. The minimum atomic E-state index is -4.83. The molecule has 1 saturated heterocycles. The third-order valence-electron chi connectivity index (χ3n) is 5.64. The summed E-state index contributed by atoms with van der Waals surface area (Å²) in [6.45, 7) is -0.446. The van der Waals surface area contributed by atoms with Gasteiger partial charge in [-0.25, -0.2) is 8.78 Å². The van der Waals surface area contributed by atoms with Crippen molar-refractivity contribution in [3.8, 4) is 5.75 Å². The number of carbonyl (C=O) groups is 1. The van der Waals surface area contributed by atoms with Crippen LogP contribution in [-0.4, -0.2) is 56.1 Å². The van der Waals surface area contributed by atoms with Gasteiger partial charge in [0.2, 0.25) is 5.91 Å². The smallest absolute Gasteiger partial charge is 0.491 e. The van der Waals surface area contributed by atoms with E-state index in [4.69, 9.17) is 9.47 Å². The van der Waals surface area contributed by atoms with Gasteiger partial charge in [0, 0.05) is 37.4 Å². The molecule has 3 atom stereocenters. The lowest BCUT2D eigenvalue weighted by atomic mass is 9.96. The lowest BCUT2D eigenvalue weighted by Gasteiger charge is -2.44. The second kappa shape index (κ2) is 9.24. The Hall–Kier alpha value is -2.76. The summed E-state index contributed by atoms with van der Waals surface area (Å²) in [5.41, 5.74) is 0.550. The van der Waals surface area contributed by atoms with Crippen LogP contribution in [0.2, 0.25) is 0 Å². The highest BCUT2D eigenvalue weighted by atomic mass is 19.4. The molecule has 1 unspecified atom stereocenters. The molecule has 2 aromatic carbocycles. The van der Waals surface area contributed by atoms with E-state index in [2.05, 4.69) is 10.1 Å². The third kappa shape index (κ3) is 5.10. The Balaban J connectivity index is 1.55. The molecule has 178 valence electrons. The molecule has 0 spiro atoms. The van der Waals surface area contributed by atoms with Crippen LogP contribution in [0, 0.1) is 11.6 Å². The van der Waals surface area contributed by atoms with E-state index in [0.717, 1.165) is 12.1 Å². The number of nitrogens with zero attached hydrogens (tertiary/aromatic N) is 1. The number of likely N-dealkylation sites (tertiary alicyclic amines) is 1. The predicted octanol–water partition coefficient (Wildman–Crippen LogP) is 3.49. The molecule has 1 amide bonds. The SMILES string of the molecule is CO[C@H]1c2ccccc2OC[C@@H]1NC(=O)C(c1ccc(F)cc1F)N1CC(OC(F)(F)F)C1. The monoisotopic (exact) mass is 472 g/mol. The molecule has 6 nitrogen and oxygen atoms in total. The molecule has 1 N–H and O–H groups in total. The van der Waals surface area contributed by atoms with Gasteiger partial charge in [-0.1, -0.05) is 24.3 Å². The van der Waals surface area contributed by atoms with Gasteiger partial charge in [0.15, 0.2) is 0 Å². The molecule has 0 aromatic heterocycles. The zero-order valence-corrected chi connectivity index (χ0v) is 17.4. The number of methoxy groups -OCH3 is 1. The molecule has 2 aromatic rings. The van der Waals surface area contributed by atoms with Crippen LogP contribution in [0.4, 0.5) is 22.0 Å². The van der Waals surface area contributed by atoms with Crippen LogP contribution >= 0.6 is 0 Å². The number of halogens is 5. The summed E-state index contributed by atoms with van der Waals surface area (Å²) in [4.78, 5) is 14.6. The molecule has 4 rings (SSSR count). The van der Waals surface area contributed by atoms with Gasteiger partial charge in [-0.05, 0) is 12.1 Å². The predicted molar refractivity (Wildman–Crippen MR) is 105 cm³/mol. The number of nitrogens with one attached hydrogen (secondary N) is 1. The Morgan fingerprint density at radius 1 is 1.18 bits per heavy atom. The number of rotatable bonds is 6. The lowest BCUT2D eigenvalue weighted by molar-refractivity contribution is -0.355. The van der Waals surface area contributed by atoms with Gasteiger partial charge in [-0.3, -0.25) is 14.4 Å². The highest BCUT2D eigenvalue weighted by Crippen LogP contribution is 2.36. The molecular formula is C22H21F5N2O4. The number of alkyl halides is 3. The Labute approximate surface area is 186 Å². The molecule has 0 saturated carbocycles. The number of ether oxygens (including phenoxy) is 3. The highest BCUT2D eigenvalue weighted by Gasteiger charge is 2.45. The summed E-state index contributed by atoms with van der Waals surface area (Å²) in [6.07, 6.45) is -6.58. The molecule has 2 aliphatic rings. The fourth-order valence-electron chi connectivity index (χ4n) is 4.17. The van der Waals surface area contributed by atoms with Crippen molar-refractivity contribution in [3.63, 3.8) is 0 Å². The molecule has 0 aliphatic carbocycles. The van der Waals surface area contributed by atoms with Gasteiger partial charge in [-0.2, -0.15) is 0 Å². The first kappa shape index (κ1) is 23.4. The number of benzene rings is 2. The first-order valence-electron chi connectivity index (χ1n) is 10.1. The van der Waals surface area contributed by atoms with Crippen LogP contribution in [0.25, 0.3) is 0 Å². The van der Waals surface area contributed by atoms with E-state index in [-0.39, 0.29) is 25.3 Å². The summed E-state index contributed by atoms with van der Waals surface area (Å²) in [7, 11) is 1.47. The van der Waals surface area contributed by atoms with Crippen LogP contribution in [0.5, 0.6) is 5.75 Å². The van der Waals surface area contributed by atoms with Crippen molar-refractivity contribution < 1.29 is 41.0 Å². The number of hydrogen-bond donors (Lipinski definition) is 1. The van der Waals surface area contributed by atoms with Gasteiger partial charge < -0.3 is 14.8 Å². The van der Waals surface area contributed by atoms with Crippen molar-refractivity contribution in [2.24, 2.45) is 0 Å². The van der Waals surface area contributed by atoms with E-state index in [1.54, 1.807) is 24.3 Å². The fraction of sp³-hybridized carbons (Fsp3) is 0.409. The van der Waals surface area contributed by atoms with Gasteiger partial charge in [-0.15, -0.1) is 13.2 Å². The normalized spacial score (nSPS) is 22.1. The number of fused-ring (bicyclic) bond motifs is 1. The Kier molecular flexibility index (Phi) is 6.55. The summed E-state index contributed by atoms with van der Waals surface area (Å²) in [5, 5.41) is 2.76. The third-order valence-corrected chi connectivity index (χ3v) is 5.64. The average Bonchev–Trinajstić information content (AvgIpc) is 2.72. The van der Waals surface area contributed by atoms with Crippen LogP contribution in [0.1, 0.15) is 23.3 Å². The fourth-order valence-corrected chi connectivity index (χ4v) is 4.17. The number of hydrogen-bond acceptors (Lipinski definition) is 5. The largest absolute Gasteiger partial charge is 0.522 e. The van der Waals surface area contributed by atoms with Gasteiger partial charge in [0.05, 0.1) is 12.1 Å². The van der Waals surface area contributed by atoms with E-state index in [0.29, 0.717) is 17.4 Å². The molecule has 2 aliphatic heterocycles. The van der Waals surface area contributed by atoms with Crippen molar-refractivity contribution in [1.29, 1.82) is 0 Å². The van der Waals surface area contributed by atoms with Crippen LogP contribution in [0.3, 0.4) is 0 Å². The van der Waals surface area contributed by atoms with E-state index >= 15 is 0 Å². The molecule has 11 heteroatoms. The standard InChI is InChI=1S/C22H21F5N2O4/c1-31-20-15-4-2-3-5-18(15)32-11-17(20)28-21(30)19(14-7-6-12(23)8-16(14)24)29-9-13(10-29)33-22(25,26)27/h2-8,13,17,19-20H,9-11H2,1H3,(H,28,30)/t17-,19?,20-/m0/s1. The second-order valence-electron chi connectivity index (χ2n) is 7.83. The molecule has 0 radical (unpaired) electrons. The minimum Gasteiger partial charge on any atom is -0.491 e. The average molecular weight is 472 g/mol. The van der Waals surface area contributed by atoms with Gasteiger partial charge in [0.25, 0.3) is 0 Å². The van der Waals surface area contributed by atoms with Crippen molar-refractivity contribution in [2.75, 3.05) is 26.8 Å². The minimum absolute atomic E-state index is 0.0691. The first-order chi connectivity index (χ1) is 15.7. The van der Waals surface area contributed by atoms with E-state index < -0.39 is 48.2 Å². The molecule has 33 heavy (non-hydrogen) atoms. The molecule has 1 fully saturated rings. The number of amides is 1. The van der Waals surface area contributed by atoms with Crippen molar-refractivity contribution in [1.82, 2.24) is 10.2 Å². The van der Waals surface area contributed by atoms with E-state index in [9.17, 15) is 26.7 Å². The first-order valence-corrected chi connectivity index (χ1v) is 10.1. The quantitative estimate of drug-likeness (QED) is 0.653. The summed E-state index contributed by atoms with van der Waals surface area (Å²) in [6, 6.07) is 7.90. The Bertz CT molecular complexity index is 1010. The van der Waals surface area contributed by atoms with Gasteiger partial charge >= 0.3 is 6.36 Å². The number of para-hydroxylation sites is 1. The van der Waals surface area contributed by atoms with Gasteiger partial charge in [0.1, 0.15) is 36.1 Å². The molecule has 2 heterocycles. The van der Waals surface area contributed by atoms with Crippen LogP contribution in [0.15, 0.2) is 42.5 Å². The van der Waals surface area contributed by atoms with Crippen LogP contribution in [-0.2, 0) is 14.3 Å². The Morgan fingerprint density at radius 3 is 2.58 bits per heavy atom. The second-order valence-corrected chi connectivity index (χ2v) is 7.83. The van der Waals surface area contributed by atoms with Crippen molar-refractivity contribution in [2.45, 2.75) is 30.7 Å². The van der Waals surface area contributed by atoms with Crippen molar-refractivity contribution >= 4 is 5.91 Å². The van der Waals surface area contributed by atoms with Crippen molar-refractivity contribution in [3.05, 3.63) is 65.2 Å². The number of carbonyl (C=O) groups excluding carboxylic acids is 1. The highest BCUT2D eigenvalue weighted by molar-refractivity contribution is 5.84. The topological polar surface area (TPSA) is 60.0 Å². The zero-order valence-electron chi connectivity index (χ0n) is 17.4. The van der Waals surface area contributed by atoms with E-state index in [1.807, 2.05) is 0 Å². The Morgan fingerprint density at radius 2 is 1.91 bits per heavy atom. The maximum Gasteiger partial charge on any atom is 0.522 e.